The number of esters is 4. The van der Waals surface area contributed by atoms with Crippen LogP contribution in [0.3, 0.4) is 0 Å². The molecule has 0 N–H and O–H groups in total. The molecule has 1 atom stereocenters. The molecule has 0 saturated carbocycles. The Morgan fingerprint density at radius 3 is 1.97 bits per heavy atom. The van der Waals surface area contributed by atoms with E-state index in [1.165, 1.54) is 38.1 Å². The highest BCUT2D eigenvalue weighted by molar-refractivity contribution is 5.93. The van der Waals surface area contributed by atoms with Gasteiger partial charge in [0.1, 0.15) is 31.3 Å². The predicted octanol–water partition coefficient (Wildman–Crippen LogP) is 3.68. The van der Waals surface area contributed by atoms with Crippen molar-refractivity contribution in [3.05, 3.63) is 84.5 Å². The van der Waals surface area contributed by atoms with E-state index >= 15 is 0 Å². The van der Waals surface area contributed by atoms with Gasteiger partial charge in [-0.25, -0.2) is 19.2 Å². The van der Waals surface area contributed by atoms with E-state index in [-0.39, 0.29) is 30.1 Å². The molecule has 0 amide bonds. The minimum absolute atomic E-state index is 0.142. The fraction of sp³-hybridized carbons (Fsp3) is 0.231. The monoisotopic (exact) mass is 482 g/mol. The Labute approximate surface area is 202 Å². The highest BCUT2D eigenvalue weighted by Gasteiger charge is 2.21. The molecule has 184 valence electrons. The van der Waals surface area contributed by atoms with Crippen LogP contribution in [0.25, 0.3) is 0 Å². The molecule has 2 rings (SSSR count). The minimum atomic E-state index is -1.18. The lowest BCUT2D eigenvalue weighted by Gasteiger charge is -2.13. The summed E-state index contributed by atoms with van der Waals surface area (Å²) in [5, 5.41) is 0. The maximum absolute atomic E-state index is 12.3. The molecule has 0 bridgehead atoms. The van der Waals surface area contributed by atoms with Gasteiger partial charge in [0.15, 0.2) is 6.10 Å². The van der Waals surface area contributed by atoms with Gasteiger partial charge >= 0.3 is 23.9 Å². The van der Waals surface area contributed by atoms with Gasteiger partial charge in [-0.3, -0.25) is 0 Å². The maximum Gasteiger partial charge on any atom is 0.347 e. The Kier molecular flexibility index (Phi) is 10.2. The van der Waals surface area contributed by atoms with Crippen molar-refractivity contribution in [2.45, 2.75) is 20.0 Å². The fourth-order valence-electron chi connectivity index (χ4n) is 2.46. The summed E-state index contributed by atoms with van der Waals surface area (Å²) in [5.41, 5.74) is 0.688. The second-order valence-electron chi connectivity index (χ2n) is 7.17. The van der Waals surface area contributed by atoms with Crippen LogP contribution in [0.4, 0.5) is 0 Å². The van der Waals surface area contributed by atoms with Crippen LogP contribution in [0.2, 0.25) is 0 Å². The van der Waals surface area contributed by atoms with Gasteiger partial charge < -0.3 is 23.7 Å². The second-order valence-corrected chi connectivity index (χ2v) is 7.17. The van der Waals surface area contributed by atoms with Gasteiger partial charge in [-0.15, -0.1) is 0 Å². The lowest BCUT2D eigenvalue weighted by molar-refractivity contribution is -0.157. The molecule has 2 aromatic carbocycles. The van der Waals surface area contributed by atoms with E-state index in [1.54, 1.807) is 30.3 Å². The molecule has 9 nitrogen and oxygen atoms in total. The standard InChI is InChI=1S/C26H26O9/c1-5-14-31-21-10-6-20(7-11-21)26(30)35-22-12-8-19(9-13-22)25(29)34-18(4)24(28)33-16-15-32-23(27)17(2)3/h5-13,18H,1-2,14-16H2,3-4H3. The molecule has 0 aliphatic carbocycles. The number of carbonyl (C=O) groups excluding carboxylic acids is 4. The Morgan fingerprint density at radius 1 is 0.857 bits per heavy atom. The molecule has 0 heterocycles. The molecule has 0 aliphatic heterocycles. The number of hydrogen-bond donors (Lipinski definition) is 0. The smallest absolute Gasteiger partial charge is 0.347 e. The van der Waals surface area contributed by atoms with E-state index in [0.717, 1.165) is 0 Å². The summed E-state index contributed by atoms with van der Waals surface area (Å²) >= 11 is 0. The number of carbonyl (C=O) groups is 4. The van der Waals surface area contributed by atoms with Crippen LogP contribution in [0.15, 0.2) is 73.3 Å². The third-order valence-electron chi connectivity index (χ3n) is 4.28. The van der Waals surface area contributed by atoms with Crippen molar-refractivity contribution in [3.63, 3.8) is 0 Å². The molecule has 0 spiro atoms. The molecular formula is C26H26O9. The zero-order chi connectivity index (χ0) is 25.8. The van der Waals surface area contributed by atoms with E-state index in [9.17, 15) is 19.2 Å². The molecule has 0 aromatic heterocycles. The van der Waals surface area contributed by atoms with Crippen molar-refractivity contribution >= 4 is 23.9 Å². The van der Waals surface area contributed by atoms with Crippen LogP contribution in [0.1, 0.15) is 34.6 Å². The number of ether oxygens (including phenoxy) is 5. The normalized spacial score (nSPS) is 10.9. The highest BCUT2D eigenvalue weighted by Crippen LogP contribution is 2.17. The first-order chi connectivity index (χ1) is 16.7. The van der Waals surface area contributed by atoms with E-state index in [1.807, 2.05) is 0 Å². The summed E-state index contributed by atoms with van der Waals surface area (Å²) in [6, 6.07) is 12.1. The van der Waals surface area contributed by atoms with Crippen LogP contribution in [0.5, 0.6) is 11.5 Å². The van der Waals surface area contributed by atoms with Gasteiger partial charge in [0.05, 0.1) is 11.1 Å². The Bertz CT molecular complexity index is 1070. The molecule has 1 unspecified atom stereocenters. The van der Waals surface area contributed by atoms with Crippen LogP contribution < -0.4 is 9.47 Å². The number of hydrogen-bond acceptors (Lipinski definition) is 9. The lowest BCUT2D eigenvalue weighted by atomic mass is 10.2. The summed E-state index contributed by atoms with van der Waals surface area (Å²) < 4.78 is 25.5. The number of rotatable bonds is 12. The summed E-state index contributed by atoms with van der Waals surface area (Å²) in [6.07, 6.45) is 0.427. The van der Waals surface area contributed by atoms with Crippen molar-refractivity contribution in [2.75, 3.05) is 19.8 Å². The molecule has 0 saturated heterocycles. The van der Waals surface area contributed by atoms with E-state index in [4.69, 9.17) is 23.7 Å². The molecule has 0 radical (unpaired) electrons. The Hall–Kier alpha value is -4.40. The molecule has 0 fully saturated rings. The van der Waals surface area contributed by atoms with Crippen LogP contribution in [0, 0.1) is 0 Å². The quantitative estimate of drug-likeness (QED) is 0.112. The lowest BCUT2D eigenvalue weighted by Crippen LogP contribution is -2.27. The van der Waals surface area contributed by atoms with Crippen LogP contribution in [-0.4, -0.2) is 49.8 Å². The second kappa shape index (κ2) is 13.3. The predicted molar refractivity (Wildman–Crippen MR) is 125 cm³/mol. The molecule has 9 heteroatoms. The van der Waals surface area contributed by atoms with Gasteiger partial charge in [-0.05, 0) is 62.4 Å². The van der Waals surface area contributed by atoms with Crippen molar-refractivity contribution in [2.24, 2.45) is 0 Å². The first-order valence-corrected chi connectivity index (χ1v) is 10.6. The Balaban J connectivity index is 1.82. The van der Waals surface area contributed by atoms with E-state index < -0.39 is 30.0 Å². The van der Waals surface area contributed by atoms with Gasteiger partial charge in [-0.2, -0.15) is 0 Å². The van der Waals surface area contributed by atoms with Gasteiger partial charge in [-0.1, -0.05) is 19.2 Å². The molecule has 0 aliphatic rings. The SMILES string of the molecule is C=CCOc1ccc(C(=O)Oc2ccc(C(=O)OC(C)C(=O)OCCOC(=O)C(=C)C)cc2)cc1. The summed E-state index contributed by atoms with van der Waals surface area (Å²) in [6.45, 7) is 9.86. The highest BCUT2D eigenvalue weighted by atomic mass is 16.6. The average Bonchev–Trinajstić information content (AvgIpc) is 2.85. The third-order valence-corrected chi connectivity index (χ3v) is 4.28. The maximum atomic E-state index is 12.3. The van der Waals surface area contributed by atoms with Gasteiger partial charge in [0.25, 0.3) is 0 Å². The molecule has 35 heavy (non-hydrogen) atoms. The third kappa shape index (κ3) is 8.81. The zero-order valence-electron chi connectivity index (χ0n) is 19.5. The topological polar surface area (TPSA) is 114 Å². The fourth-order valence-corrected chi connectivity index (χ4v) is 2.46. The van der Waals surface area contributed by atoms with Crippen molar-refractivity contribution < 1.29 is 42.9 Å². The minimum Gasteiger partial charge on any atom is -0.490 e. The first kappa shape index (κ1) is 26.8. The zero-order valence-corrected chi connectivity index (χ0v) is 19.5. The summed E-state index contributed by atoms with van der Waals surface area (Å²) in [5.74, 6) is -1.93. The first-order valence-electron chi connectivity index (χ1n) is 10.6. The van der Waals surface area contributed by atoms with E-state index in [2.05, 4.69) is 13.2 Å². The number of benzene rings is 2. The Morgan fingerprint density at radius 2 is 1.40 bits per heavy atom. The summed E-state index contributed by atoms with van der Waals surface area (Å²) in [4.78, 5) is 47.8. The average molecular weight is 482 g/mol. The van der Waals surface area contributed by atoms with Crippen molar-refractivity contribution in [1.82, 2.24) is 0 Å². The van der Waals surface area contributed by atoms with E-state index in [0.29, 0.717) is 17.9 Å². The molecule has 2 aromatic rings. The summed E-state index contributed by atoms with van der Waals surface area (Å²) in [7, 11) is 0. The molecular weight excluding hydrogens is 456 g/mol. The largest absolute Gasteiger partial charge is 0.490 e. The van der Waals surface area contributed by atoms with Crippen molar-refractivity contribution in [3.8, 4) is 11.5 Å². The van der Waals surface area contributed by atoms with Crippen molar-refractivity contribution in [1.29, 1.82) is 0 Å². The van der Waals surface area contributed by atoms with Crippen LogP contribution in [-0.2, 0) is 23.8 Å². The van der Waals surface area contributed by atoms with Gasteiger partial charge in [0, 0.05) is 5.57 Å². The van der Waals surface area contributed by atoms with Crippen LogP contribution >= 0.6 is 0 Å². The van der Waals surface area contributed by atoms with Gasteiger partial charge in [0.2, 0.25) is 0 Å².